The fraction of sp³-hybridized carbons (Fsp3) is 0.619. The van der Waals surface area contributed by atoms with Crippen LogP contribution in [0.25, 0.3) is 0 Å². The van der Waals surface area contributed by atoms with Crippen molar-refractivity contribution in [3.63, 3.8) is 0 Å². The van der Waals surface area contributed by atoms with Crippen molar-refractivity contribution >= 4 is 11.9 Å². The van der Waals surface area contributed by atoms with Gasteiger partial charge in [-0.1, -0.05) is 12.5 Å². The number of carbonyl (C=O) groups is 2. The van der Waals surface area contributed by atoms with E-state index in [0.717, 1.165) is 23.7 Å². The molecule has 6 heteroatoms. The number of rotatable bonds is 6. The number of amides is 1. The van der Waals surface area contributed by atoms with Crippen molar-refractivity contribution in [2.24, 2.45) is 17.8 Å². The molecule has 1 aromatic rings. The number of fused-ring (bicyclic) bond motifs is 3. The van der Waals surface area contributed by atoms with Crippen molar-refractivity contribution in [1.82, 2.24) is 4.90 Å². The van der Waals surface area contributed by atoms with Crippen LogP contribution in [0.4, 0.5) is 0 Å². The first-order valence-electron chi connectivity index (χ1n) is 9.86. The minimum absolute atomic E-state index is 0.194. The Labute approximate surface area is 159 Å². The van der Waals surface area contributed by atoms with Gasteiger partial charge in [0, 0.05) is 20.0 Å². The van der Waals surface area contributed by atoms with Crippen LogP contribution in [-0.4, -0.2) is 43.6 Å². The van der Waals surface area contributed by atoms with Gasteiger partial charge in [0.1, 0.15) is 13.2 Å². The molecule has 4 rings (SSSR count). The number of carbonyl (C=O) groups excluding carboxylic acids is 2. The summed E-state index contributed by atoms with van der Waals surface area (Å²) in [5.41, 5.74) is 0.948. The molecule has 0 saturated heterocycles. The van der Waals surface area contributed by atoms with Gasteiger partial charge in [-0.25, -0.2) is 0 Å². The average molecular weight is 373 g/mol. The monoisotopic (exact) mass is 373 g/mol. The Kier molecular flexibility index (Phi) is 5.23. The predicted molar refractivity (Wildman–Crippen MR) is 98.4 cm³/mol. The molecule has 0 radical (unpaired) electrons. The van der Waals surface area contributed by atoms with Crippen molar-refractivity contribution in [1.29, 1.82) is 0 Å². The van der Waals surface area contributed by atoms with E-state index in [1.807, 2.05) is 18.2 Å². The second-order valence-corrected chi connectivity index (χ2v) is 8.03. The molecule has 146 valence electrons. The highest BCUT2D eigenvalue weighted by molar-refractivity contribution is 5.80. The summed E-state index contributed by atoms with van der Waals surface area (Å²) in [5, 5.41) is 0. The van der Waals surface area contributed by atoms with E-state index in [1.165, 1.54) is 19.3 Å². The molecule has 0 N–H and O–H groups in total. The second-order valence-electron chi connectivity index (χ2n) is 8.03. The van der Waals surface area contributed by atoms with Gasteiger partial charge in [-0.2, -0.15) is 0 Å². The number of hydrogen-bond acceptors (Lipinski definition) is 5. The van der Waals surface area contributed by atoms with Gasteiger partial charge in [0.15, 0.2) is 18.1 Å². The maximum Gasteiger partial charge on any atom is 0.306 e. The number of esters is 1. The van der Waals surface area contributed by atoms with E-state index in [9.17, 15) is 9.59 Å². The molecule has 0 spiro atoms. The molecule has 3 aliphatic rings. The molecule has 0 unspecified atom stereocenters. The third-order valence-electron chi connectivity index (χ3n) is 6.12. The Bertz CT molecular complexity index is 719. The van der Waals surface area contributed by atoms with E-state index in [2.05, 4.69) is 0 Å². The predicted octanol–water partition coefficient (Wildman–Crippen LogP) is 2.79. The zero-order valence-corrected chi connectivity index (χ0v) is 15.8. The maximum absolute atomic E-state index is 12.3. The molecule has 0 aromatic heterocycles. The Hall–Kier alpha value is -2.24. The fourth-order valence-corrected chi connectivity index (χ4v) is 4.70. The van der Waals surface area contributed by atoms with Gasteiger partial charge in [0.2, 0.25) is 0 Å². The van der Waals surface area contributed by atoms with Crippen LogP contribution in [0.5, 0.6) is 11.5 Å². The molecule has 1 aromatic carbocycles. The fourth-order valence-electron chi connectivity index (χ4n) is 4.70. The van der Waals surface area contributed by atoms with Gasteiger partial charge >= 0.3 is 5.97 Å². The topological polar surface area (TPSA) is 65.1 Å². The summed E-state index contributed by atoms with van der Waals surface area (Å²) in [6.45, 7) is 1.32. The Morgan fingerprint density at radius 2 is 1.96 bits per heavy atom. The van der Waals surface area contributed by atoms with Gasteiger partial charge in [-0.15, -0.1) is 0 Å². The SMILES string of the molecule is CN(Cc1ccc2c(c1)OCCO2)C(=O)COC(=O)C[C@@H]1C[C@H]2CC[C@@H]1C2. The van der Waals surface area contributed by atoms with Gasteiger partial charge in [0.05, 0.1) is 0 Å². The lowest BCUT2D eigenvalue weighted by atomic mass is 9.86. The van der Waals surface area contributed by atoms with Crippen LogP contribution in [0.1, 0.15) is 37.7 Å². The molecule has 1 heterocycles. The van der Waals surface area contributed by atoms with Gasteiger partial charge in [-0.3, -0.25) is 9.59 Å². The largest absolute Gasteiger partial charge is 0.486 e. The first-order valence-corrected chi connectivity index (χ1v) is 9.86. The molecule has 6 nitrogen and oxygen atoms in total. The Balaban J connectivity index is 1.22. The van der Waals surface area contributed by atoms with Crippen LogP contribution in [-0.2, 0) is 20.9 Å². The molecule has 1 amide bonds. The number of hydrogen-bond donors (Lipinski definition) is 0. The highest BCUT2D eigenvalue weighted by atomic mass is 16.6. The number of ether oxygens (including phenoxy) is 3. The molecule has 1 aliphatic heterocycles. The van der Waals surface area contributed by atoms with E-state index >= 15 is 0 Å². The standard InChI is InChI=1S/C21H27NO5/c1-22(12-15-3-5-18-19(10-15)26-7-6-25-18)20(23)13-27-21(24)11-17-9-14-2-4-16(17)8-14/h3,5,10,14,16-17H,2,4,6-9,11-13H2,1H3/t14-,16+,17-/m0/s1. The lowest BCUT2D eigenvalue weighted by Crippen LogP contribution is -2.31. The zero-order valence-electron chi connectivity index (χ0n) is 15.8. The molecular weight excluding hydrogens is 346 g/mol. The number of likely N-dealkylation sites (N-methyl/N-ethyl adjacent to an activating group) is 1. The van der Waals surface area contributed by atoms with Crippen LogP contribution in [0.3, 0.4) is 0 Å². The van der Waals surface area contributed by atoms with Crippen molar-refractivity contribution in [3.05, 3.63) is 23.8 Å². The summed E-state index contributed by atoms with van der Waals surface area (Å²) in [7, 11) is 1.71. The average Bonchev–Trinajstić information content (AvgIpc) is 3.29. The third kappa shape index (κ3) is 4.20. The van der Waals surface area contributed by atoms with Crippen LogP contribution >= 0.6 is 0 Å². The summed E-state index contributed by atoms with van der Waals surface area (Å²) >= 11 is 0. The minimum atomic E-state index is -0.242. The second kappa shape index (κ2) is 7.79. The van der Waals surface area contributed by atoms with Crippen LogP contribution in [0.2, 0.25) is 0 Å². The summed E-state index contributed by atoms with van der Waals surface area (Å²) in [6.07, 6.45) is 5.45. The van der Waals surface area contributed by atoms with Crippen LogP contribution in [0.15, 0.2) is 18.2 Å². The van der Waals surface area contributed by atoms with Crippen molar-refractivity contribution in [2.45, 2.75) is 38.6 Å². The summed E-state index contributed by atoms with van der Waals surface area (Å²) in [6, 6.07) is 5.66. The van der Waals surface area contributed by atoms with E-state index in [1.54, 1.807) is 11.9 Å². The quantitative estimate of drug-likeness (QED) is 0.718. The Morgan fingerprint density at radius 1 is 1.15 bits per heavy atom. The maximum atomic E-state index is 12.3. The lowest BCUT2D eigenvalue weighted by Gasteiger charge is -2.22. The van der Waals surface area contributed by atoms with Gasteiger partial charge in [0.25, 0.3) is 5.91 Å². The van der Waals surface area contributed by atoms with E-state index in [4.69, 9.17) is 14.2 Å². The van der Waals surface area contributed by atoms with Crippen LogP contribution < -0.4 is 9.47 Å². The first-order chi connectivity index (χ1) is 13.1. The summed E-state index contributed by atoms with van der Waals surface area (Å²) < 4.78 is 16.3. The molecular formula is C21H27NO5. The van der Waals surface area contributed by atoms with Crippen molar-refractivity contribution in [2.75, 3.05) is 26.9 Å². The normalized spacial score (nSPS) is 25.3. The number of benzene rings is 1. The van der Waals surface area contributed by atoms with E-state index in [-0.39, 0.29) is 18.5 Å². The van der Waals surface area contributed by atoms with E-state index in [0.29, 0.717) is 43.8 Å². The van der Waals surface area contributed by atoms with Crippen molar-refractivity contribution < 1.29 is 23.8 Å². The molecule has 2 bridgehead atoms. The first kappa shape index (κ1) is 18.1. The minimum Gasteiger partial charge on any atom is -0.486 e. The zero-order chi connectivity index (χ0) is 18.8. The highest BCUT2D eigenvalue weighted by Crippen LogP contribution is 2.49. The van der Waals surface area contributed by atoms with Crippen molar-refractivity contribution in [3.8, 4) is 11.5 Å². The Morgan fingerprint density at radius 3 is 2.70 bits per heavy atom. The molecule has 2 fully saturated rings. The summed E-state index contributed by atoms with van der Waals surface area (Å²) in [5.74, 6) is 2.95. The molecule has 2 aliphatic carbocycles. The lowest BCUT2D eigenvalue weighted by molar-refractivity contribution is -0.152. The van der Waals surface area contributed by atoms with Crippen LogP contribution in [0, 0.1) is 17.8 Å². The van der Waals surface area contributed by atoms with Gasteiger partial charge < -0.3 is 19.1 Å². The summed E-state index contributed by atoms with van der Waals surface area (Å²) in [4.78, 5) is 26.0. The highest BCUT2D eigenvalue weighted by Gasteiger charge is 2.40. The third-order valence-corrected chi connectivity index (χ3v) is 6.12. The van der Waals surface area contributed by atoms with E-state index < -0.39 is 0 Å². The molecule has 27 heavy (non-hydrogen) atoms. The smallest absolute Gasteiger partial charge is 0.306 e. The molecule has 2 saturated carbocycles. The number of nitrogens with zero attached hydrogens (tertiary/aromatic N) is 1. The molecule has 3 atom stereocenters. The van der Waals surface area contributed by atoms with Gasteiger partial charge in [-0.05, 0) is 54.7 Å².